The second-order valence-corrected chi connectivity index (χ2v) is 4.14. The van der Waals surface area contributed by atoms with Crippen LogP contribution in [-0.4, -0.2) is 9.55 Å². The predicted molar refractivity (Wildman–Crippen MR) is 70.2 cm³/mol. The maximum absolute atomic E-state index is 14.0. The van der Waals surface area contributed by atoms with E-state index in [2.05, 4.69) is 4.98 Å². The molecule has 2 aromatic carbocycles. The Labute approximate surface area is 108 Å². The second-order valence-electron chi connectivity index (χ2n) is 4.14. The molecule has 0 radical (unpaired) electrons. The van der Waals surface area contributed by atoms with Crippen molar-refractivity contribution in [2.75, 3.05) is 5.73 Å². The number of hydrogen-bond donors (Lipinski definition) is 1. The first-order valence-electron chi connectivity index (χ1n) is 5.61. The molecule has 0 saturated heterocycles. The van der Waals surface area contributed by atoms with E-state index in [-0.39, 0.29) is 5.56 Å². The number of imidazole rings is 1. The van der Waals surface area contributed by atoms with Gasteiger partial charge in [0, 0.05) is 5.69 Å². The molecule has 1 heterocycles. The Morgan fingerprint density at radius 2 is 2.05 bits per heavy atom. The molecular formula is C14H9FN4. The molecule has 0 bridgehead atoms. The number of rotatable bonds is 1. The molecule has 0 aliphatic carbocycles. The molecule has 0 fully saturated rings. The van der Waals surface area contributed by atoms with Gasteiger partial charge in [0.05, 0.1) is 28.4 Å². The molecular weight excluding hydrogens is 243 g/mol. The highest BCUT2D eigenvalue weighted by molar-refractivity contribution is 5.80. The summed E-state index contributed by atoms with van der Waals surface area (Å²) in [5, 5.41) is 8.74. The molecule has 1 aromatic heterocycles. The Kier molecular flexibility index (Phi) is 2.43. The molecule has 0 spiro atoms. The lowest BCUT2D eigenvalue weighted by molar-refractivity contribution is 0.619. The molecule has 19 heavy (non-hydrogen) atoms. The molecule has 5 heteroatoms. The van der Waals surface area contributed by atoms with Crippen molar-refractivity contribution in [1.82, 2.24) is 9.55 Å². The average molecular weight is 252 g/mol. The van der Waals surface area contributed by atoms with Gasteiger partial charge in [0.15, 0.2) is 0 Å². The zero-order valence-corrected chi connectivity index (χ0v) is 9.84. The second kappa shape index (κ2) is 4.10. The maximum atomic E-state index is 14.0. The summed E-state index contributed by atoms with van der Waals surface area (Å²) >= 11 is 0. The minimum absolute atomic E-state index is 0.287. The van der Waals surface area contributed by atoms with Crippen LogP contribution in [0.5, 0.6) is 0 Å². The molecule has 3 rings (SSSR count). The maximum Gasteiger partial charge on any atom is 0.148 e. The number of nitrogens with two attached hydrogens (primary N) is 1. The third-order valence-electron chi connectivity index (χ3n) is 2.91. The topological polar surface area (TPSA) is 67.6 Å². The quantitative estimate of drug-likeness (QED) is 0.677. The molecule has 0 aliphatic heterocycles. The van der Waals surface area contributed by atoms with E-state index in [4.69, 9.17) is 11.0 Å². The fraction of sp³-hybridized carbons (Fsp3) is 0. The molecule has 0 saturated carbocycles. The molecule has 3 aromatic rings. The van der Waals surface area contributed by atoms with E-state index in [1.165, 1.54) is 12.4 Å². The highest BCUT2D eigenvalue weighted by Gasteiger charge is 2.09. The fourth-order valence-electron chi connectivity index (χ4n) is 1.99. The van der Waals surface area contributed by atoms with Crippen LogP contribution in [0.15, 0.2) is 42.7 Å². The third-order valence-corrected chi connectivity index (χ3v) is 2.91. The lowest BCUT2D eigenvalue weighted by Gasteiger charge is -2.06. The Morgan fingerprint density at radius 1 is 1.21 bits per heavy atom. The molecule has 0 unspecified atom stereocenters. The number of benzene rings is 2. The van der Waals surface area contributed by atoms with Crippen molar-refractivity contribution >= 4 is 16.7 Å². The molecule has 2 N–H and O–H groups in total. The van der Waals surface area contributed by atoms with Crippen molar-refractivity contribution in [3.63, 3.8) is 0 Å². The minimum Gasteiger partial charge on any atom is -0.399 e. The summed E-state index contributed by atoms with van der Waals surface area (Å²) in [5.41, 5.74) is 8.39. The van der Waals surface area contributed by atoms with Crippen molar-refractivity contribution in [1.29, 1.82) is 5.26 Å². The summed E-state index contributed by atoms with van der Waals surface area (Å²) < 4.78 is 15.6. The number of fused-ring (bicyclic) bond motifs is 1. The van der Waals surface area contributed by atoms with Gasteiger partial charge < -0.3 is 5.73 Å². The fourth-order valence-corrected chi connectivity index (χ4v) is 1.99. The van der Waals surface area contributed by atoms with E-state index in [1.54, 1.807) is 34.9 Å². The number of nitrogens with zero attached hydrogens (tertiary/aromatic N) is 3. The van der Waals surface area contributed by atoms with Gasteiger partial charge in [0.1, 0.15) is 12.1 Å². The number of anilines is 1. The minimum atomic E-state index is -0.463. The smallest absolute Gasteiger partial charge is 0.148 e. The predicted octanol–water partition coefficient (Wildman–Crippen LogP) is 2.62. The van der Waals surface area contributed by atoms with Gasteiger partial charge in [-0.1, -0.05) is 0 Å². The number of aromatic nitrogens is 2. The largest absolute Gasteiger partial charge is 0.399 e. The van der Waals surface area contributed by atoms with Crippen LogP contribution in [0.2, 0.25) is 0 Å². The standard InChI is InChI=1S/C14H9FN4/c15-11-5-9(7-16)1-3-13(11)19-8-18-12-6-10(17)2-4-14(12)19/h1-6,8H,17H2. The Balaban J connectivity index is 2.22. The van der Waals surface area contributed by atoms with Crippen LogP contribution in [0.3, 0.4) is 0 Å². The number of nitriles is 1. The molecule has 92 valence electrons. The van der Waals surface area contributed by atoms with Gasteiger partial charge in [-0.05, 0) is 36.4 Å². The molecule has 0 amide bonds. The van der Waals surface area contributed by atoms with E-state index in [0.717, 1.165) is 5.52 Å². The highest BCUT2D eigenvalue weighted by atomic mass is 19.1. The molecule has 0 aliphatic rings. The van der Waals surface area contributed by atoms with Crippen LogP contribution in [0.25, 0.3) is 16.7 Å². The van der Waals surface area contributed by atoms with Gasteiger partial charge in [-0.25, -0.2) is 9.37 Å². The number of nitrogen functional groups attached to an aromatic ring is 1. The van der Waals surface area contributed by atoms with E-state index < -0.39 is 5.82 Å². The van der Waals surface area contributed by atoms with E-state index in [1.807, 2.05) is 6.07 Å². The van der Waals surface area contributed by atoms with Crippen LogP contribution in [0, 0.1) is 17.1 Å². The van der Waals surface area contributed by atoms with Crippen molar-refractivity contribution in [2.45, 2.75) is 0 Å². The number of hydrogen-bond acceptors (Lipinski definition) is 3. The van der Waals surface area contributed by atoms with Crippen LogP contribution >= 0.6 is 0 Å². The highest BCUT2D eigenvalue weighted by Crippen LogP contribution is 2.22. The monoisotopic (exact) mass is 252 g/mol. The van der Waals surface area contributed by atoms with Crippen molar-refractivity contribution in [2.24, 2.45) is 0 Å². The normalized spacial score (nSPS) is 10.5. The Morgan fingerprint density at radius 3 is 2.79 bits per heavy atom. The van der Waals surface area contributed by atoms with Crippen LogP contribution < -0.4 is 5.73 Å². The first kappa shape index (κ1) is 11.2. The zero-order valence-electron chi connectivity index (χ0n) is 9.84. The summed E-state index contributed by atoms with van der Waals surface area (Å²) in [4.78, 5) is 4.19. The SMILES string of the molecule is N#Cc1ccc(-n2cnc3cc(N)ccc32)c(F)c1. The van der Waals surface area contributed by atoms with Gasteiger partial charge in [-0.15, -0.1) is 0 Å². The lowest BCUT2D eigenvalue weighted by Crippen LogP contribution is -1.96. The van der Waals surface area contributed by atoms with Gasteiger partial charge in [0.2, 0.25) is 0 Å². The Hall–Kier alpha value is -2.87. The van der Waals surface area contributed by atoms with Crippen LogP contribution in [0.1, 0.15) is 5.56 Å². The summed E-state index contributed by atoms with van der Waals surface area (Å²) in [6.45, 7) is 0. The van der Waals surface area contributed by atoms with Crippen LogP contribution in [0.4, 0.5) is 10.1 Å². The summed E-state index contributed by atoms with van der Waals surface area (Å²) in [6, 6.07) is 11.5. The van der Waals surface area contributed by atoms with Gasteiger partial charge in [-0.3, -0.25) is 4.57 Å². The zero-order chi connectivity index (χ0) is 13.4. The van der Waals surface area contributed by atoms with Crippen molar-refractivity contribution in [3.05, 3.63) is 54.1 Å². The van der Waals surface area contributed by atoms with Crippen molar-refractivity contribution in [3.8, 4) is 11.8 Å². The Bertz CT molecular complexity index is 814. The number of halogens is 1. The average Bonchev–Trinajstić information content (AvgIpc) is 2.81. The van der Waals surface area contributed by atoms with Gasteiger partial charge in [0.25, 0.3) is 0 Å². The van der Waals surface area contributed by atoms with Gasteiger partial charge in [-0.2, -0.15) is 5.26 Å². The summed E-state index contributed by atoms with van der Waals surface area (Å²) in [5.74, 6) is -0.463. The summed E-state index contributed by atoms with van der Waals surface area (Å²) in [7, 11) is 0. The van der Waals surface area contributed by atoms with Gasteiger partial charge >= 0.3 is 0 Å². The third kappa shape index (κ3) is 1.79. The van der Waals surface area contributed by atoms with E-state index in [9.17, 15) is 4.39 Å². The first-order chi connectivity index (χ1) is 9.19. The van der Waals surface area contributed by atoms with E-state index in [0.29, 0.717) is 16.9 Å². The molecule has 4 nitrogen and oxygen atoms in total. The van der Waals surface area contributed by atoms with Crippen molar-refractivity contribution < 1.29 is 4.39 Å². The van der Waals surface area contributed by atoms with E-state index >= 15 is 0 Å². The first-order valence-corrected chi connectivity index (χ1v) is 5.61. The van der Waals surface area contributed by atoms with Crippen LogP contribution in [-0.2, 0) is 0 Å². The lowest BCUT2D eigenvalue weighted by atomic mass is 10.2. The molecule has 0 atom stereocenters. The summed E-state index contributed by atoms with van der Waals surface area (Å²) in [6.07, 6.45) is 1.54.